The lowest BCUT2D eigenvalue weighted by molar-refractivity contribution is 0.414. The van der Waals surface area contributed by atoms with Crippen molar-refractivity contribution in [3.8, 4) is 35.2 Å². The Labute approximate surface area is 191 Å². The highest BCUT2D eigenvalue weighted by atomic mass is 16.5. The van der Waals surface area contributed by atoms with E-state index in [9.17, 15) is 5.26 Å². The summed E-state index contributed by atoms with van der Waals surface area (Å²) in [5.74, 6) is 7.97. The molecule has 5 rings (SSSR count). The molecule has 7 heteroatoms. The quantitative estimate of drug-likeness (QED) is 0.458. The van der Waals surface area contributed by atoms with Gasteiger partial charge in [-0.2, -0.15) is 5.26 Å². The topological polar surface area (TPSA) is 87.8 Å². The van der Waals surface area contributed by atoms with Crippen molar-refractivity contribution < 1.29 is 4.74 Å². The summed E-state index contributed by atoms with van der Waals surface area (Å²) in [5.41, 5.74) is 4.80. The number of fused-ring (bicyclic) bond motifs is 1. The first kappa shape index (κ1) is 20.2. The number of benzene rings is 2. The van der Waals surface area contributed by atoms with Gasteiger partial charge in [0.15, 0.2) is 5.82 Å². The van der Waals surface area contributed by atoms with Gasteiger partial charge in [-0.05, 0) is 53.4 Å². The molecule has 0 fully saturated rings. The zero-order chi connectivity index (χ0) is 22.6. The van der Waals surface area contributed by atoms with Crippen LogP contribution in [0, 0.1) is 23.2 Å². The van der Waals surface area contributed by atoms with Gasteiger partial charge in [-0.25, -0.2) is 19.9 Å². The summed E-state index contributed by atoms with van der Waals surface area (Å²) < 4.78 is 5.34. The van der Waals surface area contributed by atoms with Crippen LogP contribution in [0.25, 0.3) is 11.5 Å². The van der Waals surface area contributed by atoms with Crippen molar-refractivity contribution in [2.45, 2.75) is 13.1 Å². The third kappa shape index (κ3) is 4.21. The van der Waals surface area contributed by atoms with E-state index in [1.54, 1.807) is 37.7 Å². The van der Waals surface area contributed by atoms with Gasteiger partial charge in [0.25, 0.3) is 0 Å². The summed E-state index contributed by atoms with van der Waals surface area (Å²) in [4.78, 5) is 20.2. The van der Waals surface area contributed by atoms with Gasteiger partial charge in [0, 0.05) is 31.0 Å². The van der Waals surface area contributed by atoms with E-state index in [4.69, 9.17) is 9.72 Å². The molecule has 1 aliphatic rings. The van der Waals surface area contributed by atoms with Gasteiger partial charge in [0.1, 0.15) is 23.2 Å². The molecule has 2 aromatic carbocycles. The SMILES string of the molecule is COc1ccc2c(c1)CN(c1nccc(-c3nccc(C#Cc4ccccc4C#N)n3)n1)C2. The van der Waals surface area contributed by atoms with Crippen LogP contribution >= 0.6 is 0 Å². The number of hydrogen-bond donors (Lipinski definition) is 0. The second kappa shape index (κ2) is 8.78. The number of aromatic nitrogens is 4. The van der Waals surface area contributed by atoms with Crippen molar-refractivity contribution in [3.05, 3.63) is 94.9 Å². The summed E-state index contributed by atoms with van der Waals surface area (Å²) >= 11 is 0. The van der Waals surface area contributed by atoms with Gasteiger partial charge in [0.2, 0.25) is 5.95 Å². The number of hydrogen-bond acceptors (Lipinski definition) is 7. The lowest BCUT2D eigenvalue weighted by Gasteiger charge is -2.15. The first-order chi connectivity index (χ1) is 16.2. The van der Waals surface area contributed by atoms with E-state index in [1.807, 2.05) is 24.3 Å². The molecule has 7 nitrogen and oxygen atoms in total. The van der Waals surface area contributed by atoms with Crippen molar-refractivity contribution >= 4 is 5.95 Å². The molecule has 0 aliphatic carbocycles. The molecule has 33 heavy (non-hydrogen) atoms. The van der Waals surface area contributed by atoms with Crippen LogP contribution in [-0.4, -0.2) is 27.0 Å². The number of anilines is 1. The predicted molar refractivity (Wildman–Crippen MR) is 123 cm³/mol. The first-order valence-electron chi connectivity index (χ1n) is 10.3. The van der Waals surface area contributed by atoms with Gasteiger partial charge < -0.3 is 9.64 Å². The average molecular weight is 430 g/mol. The maximum absolute atomic E-state index is 9.24. The van der Waals surface area contributed by atoms with Crippen LogP contribution in [0.1, 0.15) is 27.9 Å². The summed E-state index contributed by atoms with van der Waals surface area (Å²) in [7, 11) is 1.67. The average Bonchev–Trinajstić information content (AvgIpc) is 3.31. The number of methoxy groups -OCH3 is 1. The van der Waals surface area contributed by atoms with Gasteiger partial charge in [-0.15, -0.1) is 0 Å². The molecule has 3 heterocycles. The monoisotopic (exact) mass is 430 g/mol. The Morgan fingerprint density at radius 3 is 2.55 bits per heavy atom. The standard InChI is InChI=1S/C26H18N6O/c1-33-23-9-7-20-16-32(17-21(20)14-23)26-29-13-11-24(31-26)25-28-12-10-22(30-25)8-6-18-4-2-3-5-19(18)15-27/h2-5,7,9-14H,16-17H2,1H3. The number of nitrogens with zero attached hydrogens (tertiary/aromatic N) is 6. The highest BCUT2D eigenvalue weighted by Crippen LogP contribution is 2.29. The Kier molecular flexibility index (Phi) is 5.37. The van der Waals surface area contributed by atoms with E-state index in [0.717, 1.165) is 12.3 Å². The van der Waals surface area contributed by atoms with E-state index in [0.29, 0.717) is 40.8 Å². The van der Waals surface area contributed by atoms with E-state index in [-0.39, 0.29) is 0 Å². The summed E-state index contributed by atoms with van der Waals surface area (Å²) in [5, 5.41) is 9.24. The zero-order valence-corrected chi connectivity index (χ0v) is 17.9. The summed E-state index contributed by atoms with van der Waals surface area (Å²) in [6.45, 7) is 1.44. The van der Waals surface area contributed by atoms with Crippen LogP contribution in [0.5, 0.6) is 5.75 Å². The lowest BCUT2D eigenvalue weighted by Crippen LogP contribution is -2.17. The maximum atomic E-state index is 9.24. The Morgan fingerprint density at radius 2 is 1.70 bits per heavy atom. The smallest absolute Gasteiger partial charge is 0.226 e. The van der Waals surface area contributed by atoms with E-state index >= 15 is 0 Å². The largest absolute Gasteiger partial charge is 0.497 e. The van der Waals surface area contributed by atoms with Crippen LogP contribution in [0.2, 0.25) is 0 Å². The predicted octanol–water partition coefficient (Wildman–Crippen LogP) is 3.73. The molecule has 0 unspecified atom stereocenters. The molecular formula is C26H18N6O. The summed E-state index contributed by atoms with van der Waals surface area (Å²) in [6.07, 6.45) is 3.37. The molecule has 0 atom stereocenters. The molecule has 0 saturated heterocycles. The van der Waals surface area contributed by atoms with E-state index in [1.165, 1.54) is 11.1 Å². The highest BCUT2D eigenvalue weighted by molar-refractivity contribution is 5.55. The molecule has 0 saturated carbocycles. The Morgan fingerprint density at radius 1 is 0.879 bits per heavy atom. The minimum absolute atomic E-state index is 0.470. The van der Waals surface area contributed by atoms with Crippen LogP contribution in [0.15, 0.2) is 67.0 Å². The van der Waals surface area contributed by atoms with Crippen LogP contribution in [0.3, 0.4) is 0 Å². The molecule has 1 aliphatic heterocycles. The molecule has 2 aromatic heterocycles. The third-order valence-corrected chi connectivity index (χ3v) is 5.32. The lowest BCUT2D eigenvalue weighted by atomic mass is 10.1. The maximum Gasteiger partial charge on any atom is 0.226 e. The zero-order valence-electron chi connectivity index (χ0n) is 17.9. The molecule has 4 aromatic rings. The van der Waals surface area contributed by atoms with Gasteiger partial charge in [0.05, 0.1) is 12.7 Å². The third-order valence-electron chi connectivity index (χ3n) is 5.32. The minimum atomic E-state index is 0.470. The van der Waals surface area contributed by atoms with Crippen LogP contribution < -0.4 is 9.64 Å². The van der Waals surface area contributed by atoms with Crippen molar-refractivity contribution in [2.24, 2.45) is 0 Å². The molecule has 0 bridgehead atoms. The highest BCUT2D eigenvalue weighted by Gasteiger charge is 2.22. The Hall–Kier alpha value is -4.75. The van der Waals surface area contributed by atoms with Crippen LogP contribution in [-0.2, 0) is 13.1 Å². The van der Waals surface area contributed by atoms with E-state index < -0.39 is 0 Å². The molecule has 0 N–H and O–H groups in total. The number of ether oxygens (including phenoxy) is 1. The van der Waals surface area contributed by atoms with E-state index in [2.05, 4.69) is 49.9 Å². The number of rotatable bonds is 3. The van der Waals surface area contributed by atoms with Crippen molar-refractivity contribution in [1.29, 1.82) is 5.26 Å². The summed E-state index contributed by atoms with van der Waals surface area (Å²) in [6, 6.07) is 19.0. The van der Waals surface area contributed by atoms with Gasteiger partial charge in [-0.1, -0.05) is 24.1 Å². The Balaban J connectivity index is 1.40. The second-order valence-electron chi connectivity index (χ2n) is 7.41. The van der Waals surface area contributed by atoms with Crippen molar-refractivity contribution in [1.82, 2.24) is 19.9 Å². The fourth-order valence-electron chi connectivity index (χ4n) is 3.64. The normalized spacial score (nSPS) is 11.8. The molecule has 0 radical (unpaired) electrons. The molecule has 0 amide bonds. The van der Waals surface area contributed by atoms with Crippen LogP contribution in [0.4, 0.5) is 5.95 Å². The molecular weight excluding hydrogens is 412 g/mol. The number of nitriles is 1. The first-order valence-corrected chi connectivity index (χ1v) is 10.3. The fraction of sp³-hybridized carbons (Fsp3) is 0.115. The van der Waals surface area contributed by atoms with Gasteiger partial charge >= 0.3 is 0 Å². The molecule has 158 valence electrons. The minimum Gasteiger partial charge on any atom is -0.497 e. The fourth-order valence-corrected chi connectivity index (χ4v) is 3.64. The Bertz CT molecular complexity index is 1450. The van der Waals surface area contributed by atoms with Crippen molar-refractivity contribution in [2.75, 3.05) is 12.0 Å². The van der Waals surface area contributed by atoms with Crippen molar-refractivity contribution in [3.63, 3.8) is 0 Å². The van der Waals surface area contributed by atoms with Gasteiger partial charge in [-0.3, -0.25) is 0 Å². The second-order valence-corrected chi connectivity index (χ2v) is 7.41. The molecule has 0 spiro atoms.